The van der Waals surface area contributed by atoms with Crippen molar-refractivity contribution in [3.63, 3.8) is 0 Å². The second kappa shape index (κ2) is 8.73. The van der Waals surface area contributed by atoms with Crippen molar-refractivity contribution in [2.45, 2.75) is 32.4 Å². The molecular weight excluding hydrogens is 364 g/mol. The van der Waals surface area contributed by atoms with Crippen molar-refractivity contribution in [3.8, 4) is 0 Å². The number of thioether (sulfide) groups is 1. The highest BCUT2D eigenvalue weighted by molar-refractivity contribution is 7.98. The van der Waals surface area contributed by atoms with Crippen LogP contribution in [-0.2, 0) is 17.8 Å². The molecule has 0 radical (unpaired) electrons. The number of nitrogens with zero attached hydrogens (tertiary/aromatic N) is 1. The van der Waals surface area contributed by atoms with Gasteiger partial charge in [0, 0.05) is 23.5 Å². The molecule has 0 aliphatic carbocycles. The van der Waals surface area contributed by atoms with Crippen LogP contribution in [0.5, 0.6) is 0 Å². The molecule has 1 N–H and O–H groups in total. The lowest BCUT2D eigenvalue weighted by Gasteiger charge is -2.31. The molecule has 1 aromatic carbocycles. The van der Waals surface area contributed by atoms with Gasteiger partial charge in [-0.3, -0.25) is 9.59 Å². The van der Waals surface area contributed by atoms with E-state index in [1.165, 1.54) is 10.4 Å². The molecule has 6 heteroatoms. The van der Waals surface area contributed by atoms with Gasteiger partial charge in [-0.1, -0.05) is 17.7 Å². The first kappa shape index (κ1) is 19.0. The van der Waals surface area contributed by atoms with E-state index in [-0.39, 0.29) is 11.8 Å². The van der Waals surface area contributed by atoms with E-state index in [1.807, 2.05) is 36.3 Å². The van der Waals surface area contributed by atoms with Crippen LogP contribution >= 0.6 is 23.1 Å². The summed E-state index contributed by atoms with van der Waals surface area (Å²) >= 11 is 3.45. The van der Waals surface area contributed by atoms with Crippen molar-refractivity contribution in [1.82, 2.24) is 10.2 Å². The molecule has 26 heavy (non-hydrogen) atoms. The zero-order valence-electron chi connectivity index (χ0n) is 15.2. The Bertz CT molecular complexity index is 788. The highest BCUT2D eigenvalue weighted by atomic mass is 32.2. The van der Waals surface area contributed by atoms with Gasteiger partial charge >= 0.3 is 0 Å². The zero-order valence-corrected chi connectivity index (χ0v) is 16.8. The first-order chi connectivity index (χ1) is 12.6. The molecule has 0 spiro atoms. The lowest BCUT2D eigenvalue weighted by atomic mass is 10.1. The fourth-order valence-corrected chi connectivity index (χ4v) is 4.54. The number of benzene rings is 1. The molecule has 2 heterocycles. The number of carbonyl (C=O) groups excluding carboxylic acids is 2. The number of amides is 2. The molecule has 1 atom stereocenters. The minimum Gasteiger partial charge on any atom is -0.340 e. The van der Waals surface area contributed by atoms with Crippen LogP contribution in [0.1, 0.15) is 32.8 Å². The predicted molar refractivity (Wildman–Crippen MR) is 109 cm³/mol. The molecule has 2 aromatic rings. The molecule has 0 fully saturated rings. The number of hydrogen-bond donors (Lipinski definition) is 1. The maximum absolute atomic E-state index is 13.1. The SMILES string of the molecule is CSCCC(NC(=O)c1cccc(C)c1)C(=O)N1CCc2sccc2C1. The third-order valence-electron chi connectivity index (χ3n) is 4.61. The van der Waals surface area contributed by atoms with E-state index in [1.54, 1.807) is 29.2 Å². The Kier molecular flexibility index (Phi) is 6.38. The Morgan fingerprint density at radius 3 is 2.96 bits per heavy atom. The van der Waals surface area contributed by atoms with Crippen LogP contribution in [-0.4, -0.2) is 41.3 Å². The average molecular weight is 389 g/mol. The van der Waals surface area contributed by atoms with E-state index in [9.17, 15) is 9.59 Å². The van der Waals surface area contributed by atoms with E-state index < -0.39 is 6.04 Å². The van der Waals surface area contributed by atoms with Crippen molar-refractivity contribution >= 4 is 34.9 Å². The zero-order chi connectivity index (χ0) is 18.5. The molecule has 1 aliphatic heterocycles. The summed E-state index contributed by atoms with van der Waals surface area (Å²) in [5.41, 5.74) is 2.87. The number of carbonyl (C=O) groups is 2. The molecule has 0 saturated carbocycles. The van der Waals surface area contributed by atoms with Crippen LogP contribution in [0, 0.1) is 6.92 Å². The summed E-state index contributed by atoms with van der Waals surface area (Å²) in [6.45, 7) is 3.33. The van der Waals surface area contributed by atoms with Crippen LogP contribution < -0.4 is 5.32 Å². The molecule has 0 saturated heterocycles. The molecule has 138 valence electrons. The summed E-state index contributed by atoms with van der Waals surface area (Å²) in [4.78, 5) is 29.0. The van der Waals surface area contributed by atoms with Gasteiger partial charge in [-0.05, 0) is 60.9 Å². The molecule has 3 rings (SSSR count). The number of hydrogen-bond acceptors (Lipinski definition) is 4. The topological polar surface area (TPSA) is 49.4 Å². The Morgan fingerprint density at radius 2 is 2.19 bits per heavy atom. The summed E-state index contributed by atoms with van der Waals surface area (Å²) in [5.74, 6) is 0.681. The van der Waals surface area contributed by atoms with Gasteiger partial charge in [-0.25, -0.2) is 0 Å². The van der Waals surface area contributed by atoms with Gasteiger partial charge in [0.05, 0.1) is 0 Å². The minimum absolute atomic E-state index is 0.0249. The fourth-order valence-electron chi connectivity index (χ4n) is 3.18. The van der Waals surface area contributed by atoms with E-state index in [2.05, 4.69) is 16.8 Å². The summed E-state index contributed by atoms with van der Waals surface area (Å²) in [6.07, 6.45) is 3.56. The quantitative estimate of drug-likeness (QED) is 0.824. The van der Waals surface area contributed by atoms with Gasteiger partial charge in [0.2, 0.25) is 5.91 Å². The minimum atomic E-state index is -0.476. The van der Waals surface area contributed by atoms with Crippen LogP contribution in [0.2, 0.25) is 0 Å². The maximum atomic E-state index is 13.1. The van der Waals surface area contributed by atoms with Gasteiger partial charge in [0.15, 0.2) is 0 Å². The van der Waals surface area contributed by atoms with Crippen molar-refractivity contribution in [2.24, 2.45) is 0 Å². The number of rotatable bonds is 6. The largest absolute Gasteiger partial charge is 0.340 e. The van der Waals surface area contributed by atoms with Crippen molar-refractivity contribution in [3.05, 3.63) is 57.3 Å². The van der Waals surface area contributed by atoms with Crippen LogP contribution in [0.4, 0.5) is 0 Å². The highest BCUT2D eigenvalue weighted by Gasteiger charge is 2.28. The van der Waals surface area contributed by atoms with Gasteiger partial charge in [-0.15, -0.1) is 11.3 Å². The lowest BCUT2D eigenvalue weighted by molar-refractivity contribution is -0.134. The van der Waals surface area contributed by atoms with E-state index in [0.717, 1.165) is 24.3 Å². The van der Waals surface area contributed by atoms with Gasteiger partial charge in [0.25, 0.3) is 5.91 Å². The summed E-state index contributed by atoms with van der Waals surface area (Å²) < 4.78 is 0. The standard InChI is InChI=1S/C20H24N2O2S2/c1-14-4-3-5-15(12-14)19(23)21-17(8-10-25-2)20(24)22-9-6-18-16(13-22)7-11-26-18/h3-5,7,11-12,17H,6,8-10,13H2,1-2H3,(H,21,23). The van der Waals surface area contributed by atoms with Crippen molar-refractivity contribution in [2.75, 3.05) is 18.6 Å². The van der Waals surface area contributed by atoms with Crippen LogP contribution in [0.15, 0.2) is 35.7 Å². The first-order valence-corrected chi connectivity index (χ1v) is 11.1. The van der Waals surface area contributed by atoms with Gasteiger partial charge < -0.3 is 10.2 Å². The van der Waals surface area contributed by atoms with Crippen molar-refractivity contribution < 1.29 is 9.59 Å². The molecule has 2 amide bonds. The molecule has 1 aliphatic rings. The molecule has 4 nitrogen and oxygen atoms in total. The Labute approximate surface area is 163 Å². The second-order valence-electron chi connectivity index (χ2n) is 6.56. The normalized spacial score (nSPS) is 14.6. The predicted octanol–water partition coefficient (Wildman–Crippen LogP) is 3.49. The Balaban J connectivity index is 1.71. The van der Waals surface area contributed by atoms with E-state index in [0.29, 0.717) is 18.5 Å². The second-order valence-corrected chi connectivity index (χ2v) is 8.54. The first-order valence-electron chi connectivity index (χ1n) is 8.79. The number of fused-ring (bicyclic) bond motifs is 1. The van der Waals surface area contributed by atoms with Gasteiger partial charge in [0.1, 0.15) is 6.04 Å². The number of nitrogens with one attached hydrogen (secondary N) is 1. The summed E-state index contributed by atoms with van der Waals surface area (Å²) in [7, 11) is 0. The number of aryl methyl sites for hydroxylation is 1. The monoisotopic (exact) mass is 388 g/mol. The highest BCUT2D eigenvalue weighted by Crippen LogP contribution is 2.24. The molecular formula is C20H24N2O2S2. The average Bonchev–Trinajstić information content (AvgIpc) is 3.12. The fraction of sp³-hybridized carbons (Fsp3) is 0.400. The molecule has 0 bridgehead atoms. The van der Waals surface area contributed by atoms with Crippen molar-refractivity contribution in [1.29, 1.82) is 0 Å². The summed E-state index contributed by atoms with van der Waals surface area (Å²) in [5, 5.41) is 5.06. The van der Waals surface area contributed by atoms with E-state index in [4.69, 9.17) is 0 Å². The van der Waals surface area contributed by atoms with Gasteiger partial charge in [-0.2, -0.15) is 11.8 Å². The summed E-state index contributed by atoms with van der Waals surface area (Å²) in [6, 6.07) is 9.09. The third kappa shape index (κ3) is 4.48. The molecule has 1 unspecified atom stereocenters. The van der Waals surface area contributed by atoms with Crippen LogP contribution in [0.3, 0.4) is 0 Å². The molecule has 1 aromatic heterocycles. The smallest absolute Gasteiger partial charge is 0.251 e. The third-order valence-corrected chi connectivity index (χ3v) is 6.28. The van der Waals surface area contributed by atoms with Crippen LogP contribution in [0.25, 0.3) is 0 Å². The maximum Gasteiger partial charge on any atom is 0.251 e. The van der Waals surface area contributed by atoms with E-state index >= 15 is 0 Å². The Morgan fingerprint density at radius 1 is 1.35 bits per heavy atom. The Hall–Kier alpha value is -1.79. The lowest BCUT2D eigenvalue weighted by Crippen LogP contribution is -2.50. The number of thiophene rings is 1.